The number of carbonyl (C=O) groups excluding carboxylic acids is 2. The maximum atomic E-state index is 13.1. The summed E-state index contributed by atoms with van der Waals surface area (Å²) in [5.41, 5.74) is 5.19. The van der Waals surface area contributed by atoms with Crippen LogP contribution in [0.15, 0.2) is 22.7 Å². The van der Waals surface area contributed by atoms with Gasteiger partial charge in [-0.05, 0) is 40.5 Å². The van der Waals surface area contributed by atoms with Gasteiger partial charge in [0.2, 0.25) is 5.91 Å². The van der Waals surface area contributed by atoms with Gasteiger partial charge in [0.25, 0.3) is 5.91 Å². The summed E-state index contributed by atoms with van der Waals surface area (Å²) in [4.78, 5) is 22.0. The number of halogens is 2. The van der Waals surface area contributed by atoms with E-state index in [1.165, 1.54) is 12.1 Å². The van der Waals surface area contributed by atoms with E-state index in [1.54, 1.807) is 0 Å². The van der Waals surface area contributed by atoms with E-state index in [1.807, 2.05) is 0 Å². The Morgan fingerprint density at radius 3 is 2.71 bits per heavy atom. The van der Waals surface area contributed by atoms with Crippen LogP contribution in [0.4, 0.5) is 4.39 Å². The van der Waals surface area contributed by atoms with Gasteiger partial charge in [-0.1, -0.05) is 0 Å². The summed E-state index contributed by atoms with van der Waals surface area (Å²) in [5.74, 6) is -1.27. The molecule has 1 aromatic rings. The first-order chi connectivity index (χ1) is 8.00. The van der Waals surface area contributed by atoms with Gasteiger partial charge in [-0.15, -0.1) is 0 Å². The van der Waals surface area contributed by atoms with Gasteiger partial charge in [0.1, 0.15) is 5.82 Å². The van der Waals surface area contributed by atoms with Crippen molar-refractivity contribution >= 4 is 27.7 Å². The molecule has 1 rings (SSSR count). The molecule has 0 aliphatic heterocycles. The fourth-order valence-corrected chi connectivity index (χ4v) is 1.45. The van der Waals surface area contributed by atoms with Crippen LogP contribution in [-0.4, -0.2) is 18.4 Å². The summed E-state index contributed by atoms with van der Waals surface area (Å²) >= 11 is 3.00. The van der Waals surface area contributed by atoms with Gasteiger partial charge in [0.15, 0.2) is 0 Å². The van der Waals surface area contributed by atoms with Crippen molar-refractivity contribution in [2.75, 3.05) is 6.54 Å². The molecule has 0 aromatic heterocycles. The summed E-state index contributed by atoms with van der Waals surface area (Å²) < 4.78 is 13.5. The third kappa shape index (κ3) is 4.52. The van der Waals surface area contributed by atoms with Crippen molar-refractivity contribution in [2.45, 2.75) is 12.8 Å². The Hall–Kier alpha value is -1.43. The van der Waals surface area contributed by atoms with Crippen molar-refractivity contribution in [1.82, 2.24) is 5.32 Å². The number of nitrogens with one attached hydrogen (secondary N) is 1. The smallest absolute Gasteiger partial charge is 0.251 e. The molecular weight excluding hydrogens is 291 g/mol. The number of benzene rings is 1. The minimum Gasteiger partial charge on any atom is -0.370 e. The largest absolute Gasteiger partial charge is 0.370 e. The zero-order valence-electron chi connectivity index (χ0n) is 9.00. The van der Waals surface area contributed by atoms with Crippen LogP contribution < -0.4 is 11.1 Å². The molecular formula is C11H12BrFN2O2. The Morgan fingerprint density at radius 2 is 2.12 bits per heavy atom. The van der Waals surface area contributed by atoms with Gasteiger partial charge >= 0.3 is 0 Å². The first kappa shape index (κ1) is 13.6. The highest BCUT2D eigenvalue weighted by Crippen LogP contribution is 2.16. The number of hydrogen-bond acceptors (Lipinski definition) is 2. The molecule has 17 heavy (non-hydrogen) atoms. The quantitative estimate of drug-likeness (QED) is 0.811. The van der Waals surface area contributed by atoms with Crippen LogP contribution >= 0.6 is 15.9 Å². The molecule has 0 saturated heterocycles. The van der Waals surface area contributed by atoms with Gasteiger partial charge in [-0.2, -0.15) is 0 Å². The fraction of sp³-hybridized carbons (Fsp3) is 0.273. The van der Waals surface area contributed by atoms with Crippen LogP contribution in [0.5, 0.6) is 0 Å². The van der Waals surface area contributed by atoms with Crippen LogP contribution in [0.2, 0.25) is 0 Å². The Bertz CT molecular complexity index is 437. The highest BCUT2D eigenvalue weighted by atomic mass is 79.9. The lowest BCUT2D eigenvalue weighted by Crippen LogP contribution is -2.25. The number of hydrogen-bond donors (Lipinski definition) is 2. The van der Waals surface area contributed by atoms with Crippen molar-refractivity contribution in [3.8, 4) is 0 Å². The van der Waals surface area contributed by atoms with E-state index in [2.05, 4.69) is 21.2 Å². The minimum atomic E-state index is -0.491. The SMILES string of the molecule is NC(=O)CCCNC(=O)c1ccc(Br)c(F)c1. The van der Waals surface area contributed by atoms with Crippen LogP contribution in [0.25, 0.3) is 0 Å². The lowest BCUT2D eigenvalue weighted by Gasteiger charge is -2.05. The molecule has 1 aromatic carbocycles. The average Bonchev–Trinajstić information content (AvgIpc) is 2.27. The number of primary amides is 1. The van der Waals surface area contributed by atoms with Crippen molar-refractivity contribution in [3.63, 3.8) is 0 Å². The highest BCUT2D eigenvalue weighted by molar-refractivity contribution is 9.10. The maximum Gasteiger partial charge on any atom is 0.251 e. The molecule has 0 spiro atoms. The van der Waals surface area contributed by atoms with Gasteiger partial charge < -0.3 is 11.1 Å². The molecule has 4 nitrogen and oxygen atoms in total. The Morgan fingerprint density at radius 1 is 1.41 bits per heavy atom. The molecule has 0 unspecified atom stereocenters. The summed E-state index contributed by atoms with van der Waals surface area (Å²) in [5, 5.41) is 2.57. The summed E-state index contributed by atoms with van der Waals surface area (Å²) in [6.07, 6.45) is 0.690. The van der Waals surface area contributed by atoms with E-state index < -0.39 is 11.7 Å². The topological polar surface area (TPSA) is 72.2 Å². The van der Waals surface area contributed by atoms with E-state index in [0.717, 1.165) is 6.07 Å². The number of amides is 2. The van der Waals surface area contributed by atoms with E-state index >= 15 is 0 Å². The van der Waals surface area contributed by atoms with Gasteiger partial charge in [0, 0.05) is 18.5 Å². The van der Waals surface area contributed by atoms with Crippen molar-refractivity contribution in [2.24, 2.45) is 5.73 Å². The summed E-state index contributed by atoms with van der Waals surface area (Å²) in [7, 11) is 0. The Labute approximate surface area is 107 Å². The summed E-state index contributed by atoms with van der Waals surface area (Å²) in [6.45, 7) is 0.333. The van der Waals surface area contributed by atoms with Crippen molar-refractivity contribution in [3.05, 3.63) is 34.1 Å². The molecule has 0 saturated carbocycles. The third-order valence-corrected chi connectivity index (χ3v) is 2.71. The predicted octanol–water partition coefficient (Wildman–Crippen LogP) is 1.58. The van der Waals surface area contributed by atoms with Gasteiger partial charge in [-0.25, -0.2) is 4.39 Å². The Kier molecular flexibility index (Phi) is 5.09. The Balaban J connectivity index is 2.47. The highest BCUT2D eigenvalue weighted by Gasteiger charge is 2.08. The van der Waals surface area contributed by atoms with Crippen LogP contribution in [0.3, 0.4) is 0 Å². The number of carbonyl (C=O) groups is 2. The fourth-order valence-electron chi connectivity index (χ4n) is 1.20. The molecule has 0 heterocycles. The second kappa shape index (κ2) is 6.34. The zero-order chi connectivity index (χ0) is 12.8. The van der Waals surface area contributed by atoms with Crippen LogP contribution in [-0.2, 0) is 4.79 Å². The predicted molar refractivity (Wildman–Crippen MR) is 64.9 cm³/mol. The second-order valence-electron chi connectivity index (χ2n) is 3.45. The molecule has 0 aliphatic carbocycles. The van der Waals surface area contributed by atoms with Crippen LogP contribution in [0, 0.1) is 5.82 Å². The monoisotopic (exact) mass is 302 g/mol. The van der Waals surface area contributed by atoms with E-state index in [0.29, 0.717) is 17.4 Å². The molecule has 0 radical (unpaired) electrons. The average molecular weight is 303 g/mol. The second-order valence-corrected chi connectivity index (χ2v) is 4.31. The molecule has 0 atom stereocenters. The van der Waals surface area contributed by atoms with E-state index in [9.17, 15) is 14.0 Å². The first-order valence-corrected chi connectivity index (χ1v) is 5.81. The van der Waals surface area contributed by atoms with Crippen LogP contribution in [0.1, 0.15) is 23.2 Å². The minimum absolute atomic E-state index is 0.217. The molecule has 0 bridgehead atoms. The first-order valence-electron chi connectivity index (χ1n) is 5.02. The van der Waals surface area contributed by atoms with Gasteiger partial charge in [-0.3, -0.25) is 9.59 Å². The lowest BCUT2D eigenvalue weighted by molar-refractivity contribution is -0.118. The number of nitrogens with two attached hydrogens (primary N) is 1. The molecule has 2 amide bonds. The molecule has 3 N–H and O–H groups in total. The lowest BCUT2D eigenvalue weighted by atomic mass is 10.2. The maximum absolute atomic E-state index is 13.1. The molecule has 92 valence electrons. The number of rotatable bonds is 5. The summed E-state index contributed by atoms with van der Waals surface area (Å²) in [6, 6.07) is 4.12. The van der Waals surface area contributed by atoms with E-state index in [-0.39, 0.29) is 17.9 Å². The molecule has 0 aliphatic rings. The molecule has 6 heteroatoms. The van der Waals surface area contributed by atoms with Crippen molar-refractivity contribution in [1.29, 1.82) is 0 Å². The third-order valence-electron chi connectivity index (χ3n) is 2.07. The van der Waals surface area contributed by atoms with Crippen molar-refractivity contribution < 1.29 is 14.0 Å². The van der Waals surface area contributed by atoms with E-state index in [4.69, 9.17) is 5.73 Å². The normalized spacial score (nSPS) is 10.0. The standard InChI is InChI=1S/C11H12BrFN2O2/c12-8-4-3-7(6-9(8)13)11(17)15-5-1-2-10(14)16/h3-4,6H,1-2,5H2,(H2,14,16)(H,15,17). The van der Waals surface area contributed by atoms with Gasteiger partial charge in [0.05, 0.1) is 4.47 Å². The zero-order valence-corrected chi connectivity index (χ0v) is 10.6. The molecule has 0 fully saturated rings.